The zero-order valence-corrected chi connectivity index (χ0v) is 12.2. The van der Waals surface area contributed by atoms with E-state index in [1.807, 2.05) is 12.2 Å². The molecule has 0 spiro atoms. The Bertz CT molecular complexity index is 435. The Morgan fingerprint density at radius 2 is 2.14 bits per heavy atom. The second-order valence-electron chi connectivity index (χ2n) is 6.09. The van der Waals surface area contributed by atoms with Gasteiger partial charge >= 0.3 is 5.97 Å². The maximum absolute atomic E-state index is 12.7. The van der Waals surface area contributed by atoms with Crippen LogP contribution in [0.3, 0.4) is 0 Å². The van der Waals surface area contributed by atoms with Gasteiger partial charge in [0.1, 0.15) is 5.76 Å². The molecule has 3 nitrogen and oxygen atoms in total. The number of hydrogen-bond donors (Lipinski definition) is 1. The summed E-state index contributed by atoms with van der Waals surface area (Å²) in [6.07, 6.45) is 5.96. The molecule has 1 fully saturated rings. The average Bonchev–Trinajstić information content (AvgIpc) is 2.47. The Hall–Kier alpha value is -1.39. The molecule has 2 rings (SSSR count). The van der Waals surface area contributed by atoms with Crippen LogP contribution in [0.25, 0.3) is 0 Å². The molecular weight excluding hydrogens is 278 g/mol. The number of ether oxygens (including phenoxy) is 1. The maximum atomic E-state index is 12.7. The quantitative estimate of drug-likeness (QED) is 0.834. The number of alkyl halides is 2. The molecule has 0 aliphatic heterocycles. The molecule has 1 unspecified atom stereocenters. The van der Waals surface area contributed by atoms with Crippen molar-refractivity contribution >= 4 is 5.97 Å². The second kappa shape index (κ2) is 6.58. The summed E-state index contributed by atoms with van der Waals surface area (Å²) in [6.45, 7) is 0. The molecule has 0 bridgehead atoms. The number of halogens is 2. The van der Waals surface area contributed by atoms with Crippen LogP contribution in [0.1, 0.15) is 38.5 Å². The van der Waals surface area contributed by atoms with Gasteiger partial charge in [0.25, 0.3) is 0 Å². The highest BCUT2D eigenvalue weighted by molar-refractivity contribution is 5.74. The number of carbonyl (C=O) groups is 1. The van der Waals surface area contributed by atoms with Crippen molar-refractivity contribution in [2.24, 2.45) is 17.3 Å². The number of carboxylic acid groups (broad SMARTS) is 1. The fourth-order valence-electron chi connectivity index (χ4n) is 3.54. The van der Waals surface area contributed by atoms with E-state index in [2.05, 4.69) is 6.08 Å². The first-order valence-corrected chi connectivity index (χ1v) is 7.41. The summed E-state index contributed by atoms with van der Waals surface area (Å²) in [5, 5.41) is 9.33. The molecule has 1 N–H and O–H groups in total. The van der Waals surface area contributed by atoms with Crippen LogP contribution in [0, 0.1) is 17.3 Å². The van der Waals surface area contributed by atoms with Gasteiger partial charge in [0.2, 0.25) is 6.43 Å². The van der Waals surface area contributed by atoms with E-state index in [-0.39, 0.29) is 0 Å². The summed E-state index contributed by atoms with van der Waals surface area (Å²) >= 11 is 0. The zero-order valence-electron chi connectivity index (χ0n) is 12.2. The third-order valence-electron chi connectivity index (χ3n) is 4.93. The van der Waals surface area contributed by atoms with E-state index in [0.29, 0.717) is 37.5 Å². The van der Waals surface area contributed by atoms with Crippen molar-refractivity contribution in [3.8, 4) is 0 Å². The third-order valence-corrected chi connectivity index (χ3v) is 4.93. The van der Waals surface area contributed by atoms with Gasteiger partial charge in [-0.1, -0.05) is 6.08 Å². The number of allylic oxidation sites excluding steroid dienone is 3. The molecule has 2 aliphatic rings. The van der Waals surface area contributed by atoms with Crippen molar-refractivity contribution in [2.75, 3.05) is 7.11 Å². The van der Waals surface area contributed by atoms with Crippen LogP contribution in [0.5, 0.6) is 0 Å². The first-order valence-electron chi connectivity index (χ1n) is 7.41. The second-order valence-corrected chi connectivity index (χ2v) is 6.09. The normalized spacial score (nSPS) is 32.9. The standard InChI is InChI=1S/C16H22F2O3/c1-21-13-4-2-11(3-5-13)12-6-8-16(9-7-12,15(19)20)10-14(17)18/h2,4-5,11-12,14H,3,6-10H2,1H3,(H,19,20)/t11?,12-,16-. The maximum Gasteiger partial charge on any atom is 0.309 e. The molecule has 1 atom stereocenters. The number of methoxy groups -OCH3 is 1. The van der Waals surface area contributed by atoms with Crippen molar-refractivity contribution in [3.05, 3.63) is 24.0 Å². The van der Waals surface area contributed by atoms with Gasteiger partial charge in [0.15, 0.2) is 0 Å². The molecule has 0 aromatic heterocycles. The molecule has 0 amide bonds. The first-order chi connectivity index (χ1) is 9.97. The third kappa shape index (κ3) is 3.63. The lowest BCUT2D eigenvalue weighted by Crippen LogP contribution is -2.38. The van der Waals surface area contributed by atoms with Crippen molar-refractivity contribution in [1.82, 2.24) is 0 Å². The molecule has 2 aliphatic carbocycles. The van der Waals surface area contributed by atoms with E-state index in [1.165, 1.54) is 0 Å². The summed E-state index contributed by atoms with van der Waals surface area (Å²) in [6, 6.07) is 0. The summed E-state index contributed by atoms with van der Waals surface area (Å²) < 4.78 is 30.5. The Morgan fingerprint density at radius 1 is 1.48 bits per heavy atom. The Morgan fingerprint density at radius 3 is 2.57 bits per heavy atom. The van der Waals surface area contributed by atoms with E-state index in [0.717, 1.165) is 12.2 Å². The van der Waals surface area contributed by atoms with Gasteiger partial charge in [0, 0.05) is 6.42 Å². The zero-order chi connectivity index (χ0) is 15.5. The molecule has 118 valence electrons. The van der Waals surface area contributed by atoms with Gasteiger partial charge in [-0.05, 0) is 56.1 Å². The van der Waals surface area contributed by atoms with Gasteiger partial charge in [0.05, 0.1) is 12.5 Å². The molecule has 0 radical (unpaired) electrons. The topological polar surface area (TPSA) is 46.5 Å². The number of carboxylic acids is 1. The van der Waals surface area contributed by atoms with Crippen LogP contribution in [-0.2, 0) is 9.53 Å². The first kappa shape index (κ1) is 16.0. The Kier molecular flexibility index (Phi) is 5.01. The molecule has 0 heterocycles. The minimum absolute atomic E-state index is 0.350. The predicted octanol–water partition coefficient (Wildman–Crippen LogP) is 4.01. The van der Waals surface area contributed by atoms with Crippen LogP contribution in [0.15, 0.2) is 24.0 Å². The van der Waals surface area contributed by atoms with Gasteiger partial charge < -0.3 is 9.84 Å². The largest absolute Gasteiger partial charge is 0.497 e. The molecule has 1 saturated carbocycles. The highest BCUT2D eigenvalue weighted by atomic mass is 19.3. The van der Waals surface area contributed by atoms with Crippen LogP contribution in [-0.4, -0.2) is 24.6 Å². The SMILES string of the molecule is COC1=CCC([C@H]2CC[C@](CC(F)F)(C(=O)O)CC2)C=C1. The Balaban J connectivity index is 1.95. The van der Waals surface area contributed by atoms with E-state index in [9.17, 15) is 18.7 Å². The summed E-state index contributed by atoms with van der Waals surface area (Å²) in [5.74, 6) is 0.518. The van der Waals surface area contributed by atoms with Crippen molar-refractivity contribution in [3.63, 3.8) is 0 Å². The summed E-state index contributed by atoms with van der Waals surface area (Å²) in [4.78, 5) is 11.4. The fraction of sp³-hybridized carbons (Fsp3) is 0.688. The van der Waals surface area contributed by atoms with Crippen LogP contribution >= 0.6 is 0 Å². The highest BCUT2D eigenvalue weighted by Crippen LogP contribution is 2.46. The summed E-state index contributed by atoms with van der Waals surface area (Å²) in [5.41, 5.74) is -1.23. The summed E-state index contributed by atoms with van der Waals surface area (Å²) in [7, 11) is 1.63. The average molecular weight is 300 g/mol. The molecule has 21 heavy (non-hydrogen) atoms. The Labute approximate surface area is 123 Å². The molecular formula is C16H22F2O3. The minimum atomic E-state index is -2.56. The van der Waals surface area contributed by atoms with Crippen molar-refractivity contribution in [1.29, 1.82) is 0 Å². The fourth-order valence-corrected chi connectivity index (χ4v) is 3.54. The molecule has 0 aromatic carbocycles. The minimum Gasteiger partial charge on any atom is -0.497 e. The molecule has 0 saturated heterocycles. The van der Waals surface area contributed by atoms with E-state index in [1.54, 1.807) is 7.11 Å². The van der Waals surface area contributed by atoms with Gasteiger partial charge in [-0.15, -0.1) is 0 Å². The lowest BCUT2D eigenvalue weighted by atomic mass is 9.65. The highest BCUT2D eigenvalue weighted by Gasteiger charge is 2.44. The van der Waals surface area contributed by atoms with Crippen LogP contribution in [0.4, 0.5) is 8.78 Å². The number of hydrogen-bond acceptors (Lipinski definition) is 2. The lowest BCUT2D eigenvalue weighted by molar-refractivity contribution is -0.155. The molecule has 5 heteroatoms. The van der Waals surface area contributed by atoms with Gasteiger partial charge in [-0.25, -0.2) is 8.78 Å². The lowest BCUT2D eigenvalue weighted by Gasteiger charge is -2.39. The van der Waals surface area contributed by atoms with E-state index in [4.69, 9.17) is 4.74 Å². The van der Waals surface area contributed by atoms with Crippen LogP contribution in [0.2, 0.25) is 0 Å². The molecule has 0 aromatic rings. The van der Waals surface area contributed by atoms with Gasteiger partial charge in [-0.3, -0.25) is 4.79 Å². The number of aliphatic carboxylic acids is 1. The van der Waals surface area contributed by atoms with Crippen molar-refractivity contribution in [2.45, 2.75) is 45.0 Å². The van der Waals surface area contributed by atoms with E-state index < -0.39 is 24.2 Å². The number of rotatable bonds is 5. The predicted molar refractivity (Wildman–Crippen MR) is 75.0 cm³/mol. The van der Waals surface area contributed by atoms with Gasteiger partial charge in [-0.2, -0.15) is 0 Å². The van der Waals surface area contributed by atoms with E-state index >= 15 is 0 Å². The van der Waals surface area contributed by atoms with Crippen LogP contribution < -0.4 is 0 Å². The smallest absolute Gasteiger partial charge is 0.309 e. The monoisotopic (exact) mass is 300 g/mol. The van der Waals surface area contributed by atoms with Crippen molar-refractivity contribution < 1.29 is 23.4 Å².